The third-order valence-electron chi connectivity index (χ3n) is 1.73. The molecule has 0 bridgehead atoms. The number of benzene rings is 1. The van der Waals surface area contributed by atoms with Crippen LogP contribution in [0.25, 0.3) is 11.1 Å². The summed E-state index contributed by atoms with van der Waals surface area (Å²) in [6.45, 7) is 0. The van der Waals surface area contributed by atoms with Crippen molar-refractivity contribution in [3.05, 3.63) is 33.3 Å². The van der Waals surface area contributed by atoms with Crippen LogP contribution in [0, 0.1) is 0 Å². The first-order valence-corrected chi connectivity index (χ1v) is 4.01. The first kappa shape index (κ1) is 8.83. The van der Waals surface area contributed by atoms with Crippen molar-refractivity contribution in [3.8, 4) is 0 Å². The summed E-state index contributed by atoms with van der Waals surface area (Å²) in [5.41, 5.74) is 0.199. The van der Waals surface area contributed by atoms with Crippen LogP contribution in [0.15, 0.2) is 21.3 Å². The number of aromatic amines is 1. The molecule has 0 radical (unpaired) electrons. The Morgan fingerprint density at radius 3 is 2.86 bits per heavy atom. The van der Waals surface area contributed by atoms with Crippen molar-refractivity contribution in [1.82, 2.24) is 4.98 Å². The zero-order chi connectivity index (χ0) is 10.3. The van der Waals surface area contributed by atoms with Crippen LogP contribution in [0.3, 0.4) is 0 Å². The minimum Gasteiger partial charge on any atom is -0.478 e. The second-order valence-electron chi connectivity index (χ2n) is 2.65. The van der Waals surface area contributed by atoms with Crippen LogP contribution in [0.5, 0.6) is 0 Å². The molecule has 72 valence electrons. The van der Waals surface area contributed by atoms with Crippen molar-refractivity contribution in [2.75, 3.05) is 0 Å². The van der Waals surface area contributed by atoms with Gasteiger partial charge in [0.25, 0.3) is 0 Å². The molecule has 0 aliphatic heterocycles. The number of H-pyrrole nitrogens is 1. The number of aromatic carboxylic acids is 1. The first-order chi connectivity index (χ1) is 6.58. The number of hydrogen-bond donors (Lipinski definition) is 2. The van der Waals surface area contributed by atoms with Gasteiger partial charge in [0.1, 0.15) is 5.52 Å². The Bertz CT molecular complexity index is 568. The van der Waals surface area contributed by atoms with Crippen molar-refractivity contribution in [2.24, 2.45) is 0 Å². The Morgan fingerprint density at radius 1 is 1.50 bits per heavy atom. The average molecular weight is 214 g/mol. The highest BCUT2D eigenvalue weighted by atomic mass is 35.5. The molecular formula is C8H4ClNO4. The summed E-state index contributed by atoms with van der Waals surface area (Å²) < 4.78 is 4.68. The molecule has 0 atom stereocenters. The van der Waals surface area contributed by atoms with E-state index < -0.39 is 11.7 Å². The molecule has 0 unspecified atom stereocenters. The molecule has 0 spiro atoms. The topological polar surface area (TPSA) is 83.3 Å². The summed E-state index contributed by atoms with van der Waals surface area (Å²) in [5, 5.41) is 9.00. The van der Waals surface area contributed by atoms with Crippen LogP contribution >= 0.6 is 11.6 Å². The summed E-state index contributed by atoms with van der Waals surface area (Å²) in [4.78, 5) is 23.8. The van der Waals surface area contributed by atoms with E-state index in [1.54, 1.807) is 0 Å². The largest absolute Gasteiger partial charge is 0.478 e. The number of aromatic nitrogens is 1. The van der Waals surface area contributed by atoms with Crippen LogP contribution in [0.2, 0.25) is 5.02 Å². The van der Waals surface area contributed by atoms with E-state index in [4.69, 9.17) is 16.7 Å². The van der Waals surface area contributed by atoms with Gasteiger partial charge in [-0.2, -0.15) is 0 Å². The summed E-state index contributed by atoms with van der Waals surface area (Å²) in [5.74, 6) is -1.88. The molecule has 1 heterocycles. The van der Waals surface area contributed by atoms with Gasteiger partial charge in [0.15, 0.2) is 5.58 Å². The van der Waals surface area contributed by atoms with Gasteiger partial charge in [0.05, 0.1) is 5.56 Å². The molecule has 0 saturated carbocycles. The zero-order valence-electron chi connectivity index (χ0n) is 6.70. The van der Waals surface area contributed by atoms with E-state index in [1.807, 2.05) is 0 Å². The molecule has 0 amide bonds. The lowest BCUT2D eigenvalue weighted by atomic mass is 10.2. The van der Waals surface area contributed by atoms with E-state index in [2.05, 4.69) is 9.40 Å². The molecule has 5 nitrogen and oxygen atoms in total. The number of hydrogen-bond acceptors (Lipinski definition) is 3. The Hall–Kier alpha value is -1.75. The third kappa shape index (κ3) is 1.27. The Morgan fingerprint density at radius 2 is 2.21 bits per heavy atom. The number of carboxylic acid groups (broad SMARTS) is 1. The molecule has 14 heavy (non-hydrogen) atoms. The second-order valence-corrected chi connectivity index (χ2v) is 3.08. The Balaban J connectivity index is 2.92. The number of nitrogens with one attached hydrogen (secondary N) is 1. The fraction of sp³-hybridized carbons (Fsp3) is 0. The number of rotatable bonds is 1. The Labute approximate surface area is 81.9 Å². The Kier molecular flexibility index (Phi) is 1.82. The van der Waals surface area contributed by atoms with Gasteiger partial charge in [0, 0.05) is 11.1 Å². The number of fused-ring (bicyclic) bond motifs is 1. The maximum Gasteiger partial charge on any atom is 0.417 e. The molecule has 2 N–H and O–H groups in total. The quantitative estimate of drug-likeness (QED) is 0.752. The van der Waals surface area contributed by atoms with E-state index >= 15 is 0 Å². The fourth-order valence-electron chi connectivity index (χ4n) is 1.19. The van der Waals surface area contributed by atoms with Gasteiger partial charge in [-0.05, 0) is 6.07 Å². The van der Waals surface area contributed by atoms with Crippen LogP contribution in [0.1, 0.15) is 10.4 Å². The lowest BCUT2D eigenvalue weighted by Crippen LogP contribution is -1.99. The lowest BCUT2D eigenvalue weighted by molar-refractivity contribution is 0.0699. The molecule has 0 saturated heterocycles. The van der Waals surface area contributed by atoms with Gasteiger partial charge in [-0.1, -0.05) is 11.6 Å². The average Bonchev–Trinajstić information content (AvgIpc) is 2.42. The van der Waals surface area contributed by atoms with E-state index in [-0.39, 0.29) is 21.7 Å². The van der Waals surface area contributed by atoms with Gasteiger partial charge in [-0.3, -0.25) is 4.98 Å². The van der Waals surface area contributed by atoms with Crippen molar-refractivity contribution in [1.29, 1.82) is 0 Å². The van der Waals surface area contributed by atoms with E-state index in [1.165, 1.54) is 12.1 Å². The molecule has 6 heteroatoms. The lowest BCUT2D eigenvalue weighted by Gasteiger charge is -1.95. The standard InChI is InChI=1S/C8H4ClNO4/c9-3-1-4(7(11)12)6-5(2-3)14-8(13)10-6/h1-2H,(H,10,13)(H,11,12). The highest BCUT2D eigenvalue weighted by Gasteiger charge is 2.13. The van der Waals surface area contributed by atoms with E-state index in [0.717, 1.165) is 0 Å². The second kappa shape index (κ2) is 2.88. The SMILES string of the molecule is O=C(O)c1cc(Cl)cc2oc(=O)[nH]c12. The molecule has 2 aromatic rings. The number of carbonyl (C=O) groups is 1. The molecule has 1 aromatic carbocycles. The molecule has 0 aliphatic carbocycles. The van der Waals surface area contributed by atoms with E-state index in [0.29, 0.717) is 0 Å². The smallest absolute Gasteiger partial charge is 0.417 e. The number of halogens is 1. The molecule has 2 rings (SSSR count). The molecular weight excluding hydrogens is 210 g/mol. The molecule has 0 aliphatic rings. The predicted octanol–water partition coefficient (Wildman–Crippen LogP) is 1.47. The number of oxazole rings is 1. The first-order valence-electron chi connectivity index (χ1n) is 3.63. The third-order valence-corrected chi connectivity index (χ3v) is 1.95. The van der Waals surface area contributed by atoms with Gasteiger partial charge in [-0.25, -0.2) is 9.59 Å². The van der Waals surface area contributed by atoms with Crippen molar-refractivity contribution in [3.63, 3.8) is 0 Å². The summed E-state index contributed by atoms with van der Waals surface area (Å²) >= 11 is 5.64. The van der Waals surface area contributed by atoms with Crippen LogP contribution in [0.4, 0.5) is 0 Å². The normalized spacial score (nSPS) is 10.6. The van der Waals surface area contributed by atoms with Gasteiger partial charge < -0.3 is 9.52 Å². The zero-order valence-corrected chi connectivity index (χ0v) is 7.46. The van der Waals surface area contributed by atoms with Gasteiger partial charge in [-0.15, -0.1) is 0 Å². The summed E-state index contributed by atoms with van der Waals surface area (Å²) in [6.07, 6.45) is 0. The fourth-order valence-corrected chi connectivity index (χ4v) is 1.40. The maximum absolute atomic E-state index is 10.8. The predicted molar refractivity (Wildman–Crippen MR) is 48.8 cm³/mol. The van der Waals surface area contributed by atoms with Crippen molar-refractivity contribution in [2.45, 2.75) is 0 Å². The molecule has 0 fully saturated rings. The van der Waals surface area contributed by atoms with Crippen LogP contribution in [-0.4, -0.2) is 16.1 Å². The maximum atomic E-state index is 10.8. The highest BCUT2D eigenvalue weighted by molar-refractivity contribution is 6.31. The number of carboxylic acids is 1. The van der Waals surface area contributed by atoms with E-state index in [9.17, 15) is 9.59 Å². The monoisotopic (exact) mass is 213 g/mol. The highest BCUT2D eigenvalue weighted by Crippen LogP contribution is 2.21. The minimum absolute atomic E-state index is 0.0849. The van der Waals surface area contributed by atoms with Crippen LogP contribution in [-0.2, 0) is 0 Å². The molecule has 1 aromatic heterocycles. The minimum atomic E-state index is -1.17. The van der Waals surface area contributed by atoms with Gasteiger partial charge >= 0.3 is 11.7 Å². The van der Waals surface area contributed by atoms with Crippen LogP contribution < -0.4 is 5.76 Å². The van der Waals surface area contributed by atoms with Crippen molar-refractivity contribution >= 4 is 28.7 Å². The summed E-state index contributed by atoms with van der Waals surface area (Å²) in [7, 11) is 0. The van der Waals surface area contributed by atoms with Crippen molar-refractivity contribution < 1.29 is 14.3 Å². The van der Waals surface area contributed by atoms with Gasteiger partial charge in [0.2, 0.25) is 0 Å². The summed E-state index contributed by atoms with van der Waals surface area (Å²) in [6, 6.07) is 2.62.